The van der Waals surface area contributed by atoms with Crippen LogP contribution in [-0.2, 0) is 23.8 Å². The molecular weight excluding hydrogens is 336 g/mol. The van der Waals surface area contributed by atoms with Crippen LogP contribution in [0, 0.1) is 22.7 Å². The van der Waals surface area contributed by atoms with E-state index in [9.17, 15) is 9.59 Å². The lowest BCUT2D eigenvalue weighted by molar-refractivity contribution is -0.215. The molecule has 6 nitrogen and oxygen atoms in total. The largest absolute Gasteiger partial charge is 0.472 e. The second-order valence-electron chi connectivity index (χ2n) is 8.66. The Morgan fingerprint density at radius 1 is 1.19 bits per heavy atom. The fourth-order valence-corrected chi connectivity index (χ4v) is 6.66. The fraction of sp³-hybridized carbons (Fsp3) is 0.600. The van der Waals surface area contributed by atoms with Crippen molar-refractivity contribution in [2.45, 2.75) is 44.0 Å². The minimum Gasteiger partial charge on any atom is -0.472 e. The van der Waals surface area contributed by atoms with Gasteiger partial charge in [-0.1, -0.05) is 19.1 Å². The van der Waals surface area contributed by atoms with E-state index in [1.54, 1.807) is 12.5 Å². The third-order valence-electron chi connectivity index (χ3n) is 7.79. The lowest BCUT2D eigenvalue weighted by Crippen LogP contribution is -2.64. The van der Waals surface area contributed by atoms with Crippen LogP contribution >= 0.6 is 0 Å². The third kappa shape index (κ3) is 1.43. The molecule has 5 aliphatic rings. The molecule has 3 saturated heterocycles. The first kappa shape index (κ1) is 15.0. The van der Waals surface area contributed by atoms with Crippen LogP contribution in [0.5, 0.6) is 0 Å². The Morgan fingerprint density at radius 2 is 2.08 bits per heavy atom. The van der Waals surface area contributed by atoms with Gasteiger partial charge in [-0.15, -0.1) is 0 Å². The number of carbonyl (C=O) groups is 2. The number of cyclic esters (lactones) is 2. The maximum Gasteiger partial charge on any atom is 0.339 e. The highest BCUT2D eigenvalue weighted by atomic mass is 16.6. The van der Waals surface area contributed by atoms with Gasteiger partial charge in [0.05, 0.1) is 31.2 Å². The lowest BCUT2D eigenvalue weighted by Gasteiger charge is -2.57. The number of furan rings is 1. The van der Waals surface area contributed by atoms with Crippen molar-refractivity contribution in [3.8, 4) is 0 Å². The van der Waals surface area contributed by atoms with Crippen molar-refractivity contribution in [1.29, 1.82) is 0 Å². The van der Waals surface area contributed by atoms with Gasteiger partial charge in [-0.3, -0.25) is 4.79 Å². The maximum absolute atomic E-state index is 13.2. The number of carbonyl (C=O) groups excluding carboxylic acids is 2. The second-order valence-corrected chi connectivity index (χ2v) is 8.66. The molecule has 4 fully saturated rings. The fourth-order valence-electron chi connectivity index (χ4n) is 6.66. The first-order valence-electron chi connectivity index (χ1n) is 9.26. The molecule has 7 atom stereocenters. The summed E-state index contributed by atoms with van der Waals surface area (Å²) < 4.78 is 22.9. The summed E-state index contributed by atoms with van der Waals surface area (Å²) in [6, 6.07) is 1.84. The summed E-state index contributed by atoms with van der Waals surface area (Å²) in [7, 11) is 0. The minimum absolute atomic E-state index is 0.0625. The van der Waals surface area contributed by atoms with Gasteiger partial charge in [0.1, 0.15) is 6.10 Å². The molecule has 6 heteroatoms. The van der Waals surface area contributed by atoms with Crippen LogP contribution < -0.4 is 0 Å². The Morgan fingerprint density at radius 3 is 2.88 bits per heavy atom. The molecule has 3 aliphatic heterocycles. The van der Waals surface area contributed by atoms with E-state index in [0.717, 1.165) is 12.0 Å². The molecule has 0 radical (unpaired) electrons. The zero-order valence-corrected chi connectivity index (χ0v) is 14.5. The quantitative estimate of drug-likeness (QED) is 0.569. The Balaban J connectivity index is 1.51. The van der Waals surface area contributed by atoms with Crippen molar-refractivity contribution in [1.82, 2.24) is 0 Å². The lowest BCUT2D eigenvalue weighted by atomic mass is 9.45. The molecule has 0 unspecified atom stereocenters. The van der Waals surface area contributed by atoms with Gasteiger partial charge in [0, 0.05) is 22.3 Å². The van der Waals surface area contributed by atoms with E-state index in [-0.39, 0.29) is 41.4 Å². The number of esters is 2. The molecule has 6 rings (SSSR count). The molecule has 0 amide bonds. The van der Waals surface area contributed by atoms with Gasteiger partial charge in [-0.2, -0.15) is 0 Å². The first-order chi connectivity index (χ1) is 12.5. The average Bonchev–Trinajstić information content (AvgIpc) is 3.28. The molecule has 0 N–H and O–H groups in total. The zero-order valence-electron chi connectivity index (χ0n) is 14.5. The molecule has 4 heterocycles. The van der Waals surface area contributed by atoms with E-state index in [0.29, 0.717) is 19.4 Å². The summed E-state index contributed by atoms with van der Waals surface area (Å²) in [6.45, 7) is 2.56. The minimum atomic E-state index is -0.932. The number of hydrogen-bond acceptors (Lipinski definition) is 6. The molecule has 1 spiro atoms. The molecule has 0 aromatic carbocycles. The van der Waals surface area contributed by atoms with Crippen LogP contribution in [0.1, 0.15) is 37.9 Å². The van der Waals surface area contributed by atoms with Gasteiger partial charge in [0.2, 0.25) is 0 Å². The predicted octanol–water partition coefficient (Wildman–Crippen LogP) is 2.55. The molecule has 1 aromatic heterocycles. The van der Waals surface area contributed by atoms with Gasteiger partial charge in [-0.25, -0.2) is 4.79 Å². The summed E-state index contributed by atoms with van der Waals surface area (Å²) in [5.74, 6) is -0.595. The van der Waals surface area contributed by atoms with Crippen molar-refractivity contribution < 1.29 is 28.2 Å². The summed E-state index contributed by atoms with van der Waals surface area (Å²) in [5.41, 5.74) is -0.750. The van der Waals surface area contributed by atoms with E-state index in [1.807, 2.05) is 18.2 Å². The highest BCUT2D eigenvalue weighted by Crippen LogP contribution is 2.72. The predicted molar refractivity (Wildman–Crippen MR) is 86.6 cm³/mol. The van der Waals surface area contributed by atoms with Crippen molar-refractivity contribution in [3.05, 3.63) is 36.3 Å². The van der Waals surface area contributed by atoms with Crippen LogP contribution in [0.25, 0.3) is 0 Å². The standard InChI is InChI=1S/C20H20O6/c1-18-8-14(11-4-7-23-9-11)25-17(22)20(18)6-5-19-10-24-16(21)12(19)2-3-13(26-20)15(18)19/h2-4,7,9,12-15H,5-6,8,10H2,1H3/t12-,13+,14+,15-,18+,19+,20+/m0/s1. The topological polar surface area (TPSA) is 75.0 Å². The van der Waals surface area contributed by atoms with Crippen molar-refractivity contribution >= 4 is 11.9 Å². The van der Waals surface area contributed by atoms with Crippen LogP contribution in [-0.4, -0.2) is 30.3 Å². The van der Waals surface area contributed by atoms with E-state index in [1.165, 1.54) is 0 Å². The Kier molecular flexibility index (Phi) is 2.55. The van der Waals surface area contributed by atoms with Gasteiger partial charge in [0.25, 0.3) is 0 Å². The van der Waals surface area contributed by atoms with E-state index in [2.05, 4.69) is 6.92 Å². The van der Waals surface area contributed by atoms with Crippen molar-refractivity contribution in [2.75, 3.05) is 6.61 Å². The smallest absolute Gasteiger partial charge is 0.339 e. The molecule has 2 aliphatic carbocycles. The van der Waals surface area contributed by atoms with E-state index >= 15 is 0 Å². The molecular formula is C20H20O6. The summed E-state index contributed by atoms with van der Waals surface area (Å²) >= 11 is 0. The summed E-state index contributed by atoms with van der Waals surface area (Å²) in [5, 5.41) is 0. The van der Waals surface area contributed by atoms with Gasteiger partial charge in [0.15, 0.2) is 5.60 Å². The van der Waals surface area contributed by atoms with Crippen LogP contribution in [0.2, 0.25) is 0 Å². The SMILES string of the molecule is C[C@]12C[C@H](c3ccoc3)OC(=O)[C@]13CC[C@@]14COC(=O)[C@@H]1C=C[C@@H](O3)[C@H]42. The van der Waals surface area contributed by atoms with E-state index < -0.39 is 11.0 Å². The molecule has 26 heavy (non-hydrogen) atoms. The Bertz CT molecular complexity index is 842. The Hall–Kier alpha value is -2.08. The second kappa shape index (κ2) is 4.42. The van der Waals surface area contributed by atoms with Crippen molar-refractivity contribution in [2.24, 2.45) is 22.7 Å². The third-order valence-corrected chi connectivity index (χ3v) is 7.79. The Labute approximate surface area is 150 Å². The molecule has 1 aromatic rings. The van der Waals surface area contributed by atoms with Crippen LogP contribution in [0.3, 0.4) is 0 Å². The monoisotopic (exact) mass is 356 g/mol. The maximum atomic E-state index is 13.2. The number of ether oxygens (including phenoxy) is 3. The van der Waals surface area contributed by atoms with Crippen LogP contribution in [0.4, 0.5) is 0 Å². The molecule has 2 bridgehead atoms. The average molecular weight is 356 g/mol. The number of hydrogen-bond donors (Lipinski definition) is 0. The van der Waals surface area contributed by atoms with Gasteiger partial charge >= 0.3 is 11.9 Å². The summed E-state index contributed by atoms with van der Waals surface area (Å²) in [4.78, 5) is 25.5. The van der Waals surface area contributed by atoms with Gasteiger partial charge < -0.3 is 18.6 Å². The highest BCUT2D eigenvalue weighted by Gasteiger charge is 2.79. The number of rotatable bonds is 1. The van der Waals surface area contributed by atoms with E-state index in [4.69, 9.17) is 18.6 Å². The zero-order chi connectivity index (χ0) is 17.7. The first-order valence-corrected chi connectivity index (χ1v) is 9.26. The summed E-state index contributed by atoms with van der Waals surface area (Å²) in [6.07, 6.45) is 8.59. The molecule has 1 saturated carbocycles. The highest BCUT2D eigenvalue weighted by molar-refractivity contribution is 5.84. The normalized spacial score (nSPS) is 50.8. The molecule has 136 valence electrons. The van der Waals surface area contributed by atoms with Crippen LogP contribution in [0.15, 0.2) is 35.2 Å². The van der Waals surface area contributed by atoms with Gasteiger partial charge in [-0.05, 0) is 25.3 Å². The van der Waals surface area contributed by atoms with Crippen molar-refractivity contribution in [3.63, 3.8) is 0 Å².